The lowest BCUT2D eigenvalue weighted by atomic mass is 9.97. The van der Waals surface area contributed by atoms with Crippen molar-refractivity contribution in [2.45, 2.75) is 26.7 Å². The minimum absolute atomic E-state index is 0.111. The summed E-state index contributed by atoms with van der Waals surface area (Å²) >= 11 is 0. The van der Waals surface area contributed by atoms with Crippen LogP contribution in [0, 0.1) is 6.92 Å². The van der Waals surface area contributed by atoms with Crippen molar-refractivity contribution < 1.29 is 19.1 Å². The molecule has 2 heterocycles. The van der Waals surface area contributed by atoms with E-state index in [1.165, 1.54) is 4.90 Å². The van der Waals surface area contributed by atoms with Crippen LogP contribution in [0.2, 0.25) is 0 Å². The van der Waals surface area contributed by atoms with E-state index in [0.717, 1.165) is 24.1 Å². The number of aromatic amines is 1. The first kappa shape index (κ1) is 20.6. The molecule has 6 heteroatoms. The van der Waals surface area contributed by atoms with Gasteiger partial charge in [0.25, 0.3) is 5.78 Å². The van der Waals surface area contributed by atoms with E-state index in [0.29, 0.717) is 23.4 Å². The summed E-state index contributed by atoms with van der Waals surface area (Å²) in [4.78, 5) is 43.9. The number of nitrogens with one attached hydrogen (secondary N) is 1. The number of Topliss-reactive ketones (excluding diaryl/α,β-unsaturated/α-hetero) is 1. The third-order valence-corrected chi connectivity index (χ3v) is 5.51. The maximum atomic E-state index is 13.4. The van der Waals surface area contributed by atoms with Crippen molar-refractivity contribution in [3.63, 3.8) is 0 Å². The van der Waals surface area contributed by atoms with E-state index in [1.54, 1.807) is 13.8 Å². The number of hydrogen-bond donors (Lipinski definition) is 1. The third kappa shape index (κ3) is 3.77. The van der Waals surface area contributed by atoms with E-state index in [2.05, 4.69) is 4.98 Å². The Morgan fingerprint density at radius 1 is 1.03 bits per heavy atom. The average Bonchev–Trinajstić information content (AvgIpc) is 3.15. The fourth-order valence-electron chi connectivity index (χ4n) is 4.12. The molecular formula is C25H24N2O4. The summed E-state index contributed by atoms with van der Waals surface area (Å²) in [5.74, 6) is -1.81. The summed E-state index contributed by atoms with van der Waals surface area (Å²) in [5, 5.41) is 0. The van der Waals surface area contributed by atoms with Crippen LogP contribution in [0.15, 0.2) is 54.6 Å². The summed E-state index contributed by atoms with van der Waals surface area (Å²) in [6.07, 6.45) is 1.66. The minimum Gasteiger partial charge on any atom is -0.462 e. The van der Waals surface area contributed by atoms with Crippen LogP contribution < -0.4 is 4.90 Å². The quantitative estimate of drug-likeness (QED) is 0.381. The van der Waals surface area contributed by atoms with E-state index < -0.39 is 17.7 Å². The van der Waals surface area contributed by atoms with E-state index in [4.69, 9.17) is 4.74 Å². The number of aromatic nitrogens is 1. The van der Waals surface area contributed by atoms with Crippen molar-refractivity contribution in [2.24, 2.45) is 0 Å². The molecule has 31 heavy (non-hydrogen) atoms. The lowest BCUT2D eigenvalue weighted by Crippen LogP contribution is -2.40. The van der Waals surface area contributed by atoms with Gasteiger partial charge in [-0.05, 0) is 43.9 Å². The van der Waals surface area contributed by atoms with Gasteiger partial charge in [-0.1, -0.05) is 48.5 Å². The number of ether oxygens (including phenoxy) is 1. The third-order valence-electron chi connectivity index (χ3n) is 5.51. The Kier molecular flexibility index (Phi) is 5.71. The van der Waals surface area contributed by atoms with E-state index >= 15 is 0 Å². The van der Waals surface area contributed by atoms with Gasteiger partial charge in [-0.15, -0.1) is 0 Å². The number of para-hydroxylation sites is 1. The number of hydrogen-bond acceptors (Lipinski definition) is 4. The Labute approximate surface area is 180 Å². The average molecular weight is 416 g/mol. The van der Waals surface area contributed by atoms with Gasteiger partial charge in [0, 0.05) is 23.5 Å². The van der Waals surface area contributed by atoms with Gasteiger partial charge in [0.2, 0.25) is 0 Å². The molecule has 158 valence electrons. The Bertz CT molecular complexity index is 1150. The Balaban J connectivity index is 1.80. The fourth-order valence-corrected chi connectivity index (χ4v) is 4.12. The largest absolute Gasteiger partial charge is 0.462 e. The second kappa shape index (κ2) is 8.60. The summed E-state index contributed by atoms with van der Waals surface area (Å²) in [6, 6.07) is 16.8. The Morgan fingerprint density at radius 3 is 2.48 bits per heavy atom. The summed E-state index contributed by atoms with van der Waals surface area (Å²) in [7, 11) is 0. The lowest BCUT2D eigenvalue weighted by molar-refractivity contribution is -0.114. The summed E-state index contributed by atoms with van der Waals surface area (Å²) in [5.41, 5.74) is 3.77. The van der Waals surface area contributed by atoms with E-state index in [1.807, 2.05) is 54.6 Å². The molecule has 1 amide bonds. The predicted octanol–water partition coefficient (Wildman–Crippen LogP) is 4.33. The summed E-state index contributed by atoms with van der Waals surface area (Å²) in [6.45, 7) is 4.12. The van der Waals surface area contributed by atoms with Crippen molar-refractivity contribution >= 4 is 23.3 Å². The zero-order valence-electron chi connectivity index (χ0n) is 17.6. The molecule has 1 aromatic heterocycles. The number of rotatable bonds is 5. The SMILES string of the molecule is CCOC(=O)c1c(C)[nH]c(C(=O)C(=O)N2CCCc3ccccc32)c1-c1ccccc1. The van der Waals surface area contributed by atoms with Crippen molar-refractivity contribution in [3.05, 3.63) is 77.1 Å². The normalized spacial score (nSPS) is 12.9. The molecule has 0 radical (unpaired) electrons. The number of nitrogens with zero attached hydrogens (tertiary/aromatic N) is 1. The van der Waals surface area contributed by atoms with Gasteiger partial charge < -0.3 is 14.6 Å². The molecule has 0 bridgehead atoms. The van der Waals surface area contributed by atoms with Crippen LogP contribution in [-0.2, 0) is 16.0 Å². The van der Waals surface area contributed by atoms with Crippen LogP contribution in [0.5, 0.6) is 0 Å². The van der Waals surface area contributed by atoms with Gasteiger partial charge >= 0.3 is 11.9 Å². The highest BCUT2D eigenvalue weighted by Gasteiger charge is 2.33. The maximum Gasteiger partial charge on any atom is 0.340 e. The van der Waals surface area contributed by atoms with Gasteiger partial charge in [0.05, 0.1) is 12.2 Å². The van der Waals surface area contributed by atoms with Gasteiger partial charge in [0.15, 0.2) is 0 Å². The van der Waals surface area contributed by atoms with Gasteiger partial charge in [0.1, 0.15) is 5.69 Å². The van der Waals surface area contributed by atoms with E-state index in [-0.39, 0.29) is 17.9 Å². The van der Waals surface area contributed by atoms with Crippen molar-refractivity contribution in [1.29, 1.82) is 0 Å². The molecule has 1 aliphatic rings. The topological polar surface area (TPSA) is 79.5 Å². The number of amides is 1. The molecule has 0 saturated carbocycles. The zero-order valence-corrected chi connectivity index (χ0v) is 17.6. The number of carbonyl (C=O) groups excluding carboxylic acids is 3. The number of anilines is 1. The van der Waals surface area contributed by atoms with Crippen molar-refractivity contribution in [3.8, 4) is 11.1 Å². The van der Waals surface area contributed by atoms with Crippen LogP contribution in [0.4, 0.5) is 5.69 Å². The van der Waals surface area contributed by atoms with Crippen molar-refractivity contribution in [1.82, 2.24) is 4.98 Å². The van der Waals surface area contributed by atoms with Gasteiger partial charge in [-0.2, -0.15) is 0 Å². The molecule has 1 N–H and O–H groups in total. The fraction of sp³-hybridized carbons (Fsp3) is 0.240. The maximum absolute atomic E-state index is 13.4. The Hall–Kier alpha value is -3.67. The van der Waals surface area contributed by atoms with Crippen LogP contribution in [0.1, 0.15) is 45.4 Å². The highest BCUT2D eigenvalue weighted by Crippen LogP contribution is 2.33. The number of fused-ring (bicyclic) bond motifs is 1. The molecule has 1 aliphatic heterocycles. The highest BCUT2D eigenvalue weighted by molar-refractivity contribution is 6.48. The monoisotopic (exact) mass is 416 g/mol. The van der Waals surface area contributed by atoms with Crippen LogP contribution in [0.25, 0.3) is 11.1 Å². The standard InChI is InChI=1S/C25H24N2O4/c1-3-31-25(30)20-16(2)26-22(21(20)18-11-5-4-6-12-18)23(28)24(29)27-15-9-13-17-10-7-8-14-19(17)27/h4-8,10-12,14,26H,3,9,13,15H2,1-2H3. The van der Waals surface area contributed by atoms with E-state index in [9.17, 15) is 14.4 Å². The molecule has 0 unspecified atom stereocenters. The number of aryl methyl sites for hydroxylation is 2. The molecule has 3 aromatic rings. The van der Waals surface area contributed by atoms with Crippen LogP contribution in [-0.4, -0.2) is 35.8 Å². The number of carbonyl (C=O) groups is 3. The van der Waals surface area contributed by atoms with Gasteiger partial charge in [-0.25, -0.2) is 4.79 Å². The molecule has 6 nitrogen and oxygen atoms in total. The molecule has 0 saturated heterocycles. The van der Waals surface area contributed by atoms with Crippen molar-refractivity contribution in [2.75, 3.05) is 18.1 Å². The first-order valence-corrected chi connectivity index (χ1v) is 10.4. The Morgan fingerprint density at radius 2 is 1.74 bits per heavy atom. The lowest BCUT2D eigenvalue weighted by Gasteiger charge is -2.28. The van der Waals surface area contributed by atoms with Crippen LogP contribution >= 0.6 is 0 Å². The predicted molar refractivity (Wildman–Crippen MR) is 118 cm³/mol. The second-order valence-corrected chi connectivity index (χ2v) is 7.48. The molecule has 4 rings (SSSR count). The number of esters is 1. The molecule has 0 fully saturated rings. The number of H-pyrrole nitrogens is 1. The molecule has 0 spiro atoms. The smallest absolute Gasteiger partial charge is 0.340 e. The number of ketones is 1. The second-order valence-electron chi connectivity index (χ2n) is 7.48. The zero-order chi connectivity index (χ0) is 22.0. The highest BCUT2D eigenvalue weighted by atomic mass is 16.5. The molecular weight excluding hydrogens is 392 g/mol. The molecule has 0 atom stereocenters. The van der Waals surface area contributed by atoms with Gasteiger partial charge in [-0.3, -0.25) is 9.59 Å². The van der Waals surface area contributed by atoms with Crippen LogP contribution in [0.3, 0.4) is 0 Å². The molecule has 0 aliphatic carbocycles. The summed E-state index contributed by atoms with van der Waals surface area (Å²) < 4.78 is 5.22. The first-order chi connectivity index (χ1) is 15.0. The molecule has 2 aromatic carbocycles. The minimum atomic E-state index is -0.672. The number of benzene rings is 2. The first-order valence-electron chi connectivity index (χ1n) is 10.4.